The summed E-state index contributed by atoms with van der Waals surface area (Å²) in [5.41, 5.74) is 5.32. The first-order valence-electron chi connectivity index (χ1n) is 11.3. The number of para-hydroxylation sites is 1. The van der Waals surface area contributed by atoms with E-state index in [1.165, 1.54) is 4.57 Å². The number of hydrogen-bond donors (Lipinski definition) is 2. The van der Waals surface area contributed by atoms with Crippen molar-refractivity contribution >= 4 is 10.9 Å². The topological polar surface area (TPSA) is 85.1 Å². The number of nitrogens with one attached hydrogen (secondary N) is 1. The summed E-state index contributed by atoms with van der Waals surface area (Å²) < 4.78 is 8.53. The molecule has 6 rings (SSSR count). The van der Waals surface area contributed by atoms with Crippen molar-refractivity contribution in [3.05, 3.63) is 112 Å². The maximum absolute atomic E-state index is 13.7. The molecule has 7 heteroatoms. The van der Waals surface area contributed by atoms with Gasteiger partial charge >= 0.3 is 5.69 Å². The van der Waals surface area contributed by atoms with Crippen LogP contribution >= 0.6 is 0 Å². The minimum Gasteiger partial charge on any atom is -0.497 e. The molecule has 0 fully saturated rings. The molecule has 4 heterocycles. The lowest BCUT2D eigenvalue weighted by Gasteiger charge is -2.26. The van der Waals surface area contributed by atoms with Crippen molar-refractivity contribution in [2.45, 2.75) is 25.4 Å². The molecule has 0 radical (unpaired) electrons. The third kappa shape index (κ3) is 3.12. The van der Waals surface area contributed by atoms with Gasteiger partial charge in [-0.15, -0.1) is 0 Å². The van der Waals surface area contributed by atoms with Gasteiger partial charge in [0.2, 0.25) is 5.88 Å². The number of aromatic nitrogens is 4. The number of imidazole rings is 1. The molecule has 0 saturated heterocycles. The predicted molar refractivity (Wildman–Crippen MR) is 130 cm³/mol. The average molecular weight is 453 g/mol. The Balaban J connectivity index is 1.51. The van der Waals surface area contributed by atoms with Crippen LogP contribution in [0.5, 0.6) is 11.6 Å². The molecule has 5 aromatic rings. The molecule has 2 aromatic carbocycles. The van der Waals surface area contributed by atoms with Crippen LogP contribution in [0.4, 0.5) is 0 Å². The molecule has 1 aliphatic rings. The molecular weight excluding hydrogens is 428 g/mol. The number of aromatic hydroxyl groups is 1. The third-order valence-electron chi connectivity index (χ3n) is 6.71. The number of nitrogens with zero attached hydrogens (tertiary/aromatic N) is 3. The van der Waals surface area contributed by atoms with Gasteiger partial charge in [-0.2, -0.15) is 0 Å². The van der Waals surface area contributed by atoms with Crippen LogP contribution in [-0.2, 0) is 19.4 Å². The molecule has 3 aromatic heterocycles. The van der Waals surface area contributed by atoms with E-state index in [0.717, 1.165) is 39.2 Å². The zero-order valence-corrected chi connectivity index (χ0v) is 18.7. The number of benzene rings is 2. The third-order valence-corrected chi connectivity index (χ3v) is 6.71. The smallest absolute Gasteiger partial charge is 0.332 e. The van der Waals surface area contributed by atoms with Crippen LogP contribution in [0.2, 0.25) is 0 Å². The SMILES string of the molecule is COc1ccc([C@H]2c3[nH]c4ccccc4c3Cc3c(O)n(CCc4ccccn4)c(=O)n32)cc1. The van der Waals surface area contributed by atoms with Crippen LogP contribution in [0.25, 0.3) is 10.9 Å². The van der Waals surface area contributed by atoms with Gasteiger partial charge in [-0.3, -0.25) is 14.1 Å². The number of pyridine rings is 1. The summed E-state index contributed by atoms with van der Waals surface area (Å²) in [5, 5.41) is 12.3. The number of H-pyrrole nitrogens is 1. The summed E-state index contributed by atoms with van der Waals surface area (Å²) in [6.07, 6.45) is 2.77. The molecule has 1 atom stereocenters. The lowest BCUT2D eigenvalue weighted by Crippen LogP contribution is -2.32. The van der Waals surface area contributed by atoms with E-state index in [1.807, 2.05) is 60.7 Å². The maximum atomic E-state index is 13.7. The van der Waals surface area contributed by atoms with Gasteiger partial charge in [0.25, 0.3) is 0 Å². The predicted octanol–water partition coefficient (Wildman–Crippen LogP) is 4.02. The Kier molecular flexibility index (Phi) is 4.76. The van der Waals surface area contributed by atoms with Gasteiger partial charge in [0.15, 0.2) is 0 Å². The number of methoxy groups -OCH3 is 1. The van der Waals surface area contributed by atoms with Crippen LogP contribution in [0.15, 0.2) is 77.7 Å². The average Bonchev–Trinajstić information content (AvgIpc) is 3.37. The second-order valence-corrected chi connectivity index (χ2v) is 8.56. The van der Waals surface area contributed by atoms with Crippen molar-refractivity contribution in [2.75, 3.05) is 7.11 Å². The molecule has 0 saturated carbocycles. The standard InChI is InChI=1S/C27H24N4O3/c1-34-19-11-9-17(10-12-19)25-24-21(20-7-2-3-8-22(20)29-24)16-23-26(32)30(27(33)31(23)25)15-13-18-6-4-5-14-28-18/h2-12,14,25,29,32H,13,15-16H2,1H3/t25-/m0/s1. The van der Waals surface area contributed by atoms with E-state index in [0.29, 0.717) is 25.1 Å². The van der Waals surface area contributed by atoms with Crippen LogP contribution < -0.4 is 10.4 Å². The molecule has 0 amide bonds. The number of aromatic amines is 1. The Bertz CT molecular complexity index is 1550. The number of fused-ring (bicyclic) bond motifs is 4. The fourth-order valence-electron chi connectivity index (χ4n) is 5.05. The molecule has 1 aliphatic heterocycles. The lowest BCUT2D eigenvalue weighted by molar-refractivity contribution is 0.408. The molecule has 7 nitrogen and oxygen atoms in total. The Morgan fingerprint density at radius 3 is 2.65 bits per heavy atom. The number of rotatable bonds is 5. The summed E-state index contributed by atoms with van der Waals surface area (Å²) in [5.74, 6) is 0.773. The largest absolute Gasteiger partial charge is 0.497 e. The summed E-state index contributed by atoms with van der Waals surface area (Å²) in [4.78, 5) is 21.6. The van der Waals surface area contributed by atoms with E-state index in [-0.39, 0.29) is 17.6 Å². The molecule has 170 valence electrons. The van der Waals surface area contributed by atoms with Crippen molar-refractivity contribution in [2.24, 2.45) is 0 Å². The van der Waals surface area contributed by atoms with Crippen LogP contribution in [0, 0.1) is 0 Å². The quantitative estimate of drug-likeness (QED) is 0.414. The van der Waals surface area contributed by atoms with Crippen LogP contribution in [-0.4, -0.2) is 31.3 Å². The van der Waals surface area contributed by atoms with E-state index in [4.69, 9.17) is 4.74 Å². The summed E-state index contributed by atoms with van der Waals surface area (Å²) in [7, 11) is 1.63. The Hall–Kier alpha value is -4.26. The van der Waals surface area contributed by atoms with E-state index in [2.05, 4.69) is 16.0 Å². The molecule has 0 unspecified atom stereocenters. The first-order chi connectivity index (χ1) is 16.7. The van der Waals surface area contributed by atoms with E-state index in [1.54, 1.807) is 17.9 Å². The van der Waals surface area contributed by atoms with E-state index in [9.17, 15) is 9.90 Å². The molecule has 2 N–H and O–H groups in total. The van der Waals surface area contributed by atoms with Gasteiger partial charge in [0, 0.05) is 47.9 Å². The van der Waals surface area contributed by atoms with Crippen molar-refractivity contribution in [1.82, 2.24) is 19.1 Å². The van der Waals surface area contributed by atoms with Gasteiger partial charge in [0.1, 0.15) is 11.8 Å². The zero-order valence-electron chi connectivity index (χ0n) is 18.7. The monoisotopic (exact) mass is 452 g/mol. The Morgan fingerprint density at radius 1 is 1.09 bits per heavy atom. The summed E-state index contributed by atoms with van der Waals surface area (Å²) >= 11 is 0. The highest BCUT2D eigenvalue weighted by molar-refractivity contribution is 5.86. The highest BCUT2D eigenvalue weighted by Gasteiger charge is 2.35. The molecule has 34 heavy (non-hydrogen) atoms. The van der Waals surface area contributed by atoms with Gasteiger partial charge in [-0.25, -0.2) is 4.79 Å². The van der Waals surface area contributed by atoms with Gasteiger partial charge in [0.05, 0.1) is 12.8 Å². The maximum Gasteiger partial charge on any atom is 0.332 e. The number of ether oxygens (including phenoxy) is 1. The van der Waals surface area contributed by atoms with Crippen molar-refractivity contribution in [3.63, 3.8) is 0 Å². The van der Waals surface area contributed by atoms with Crippen molar-refractivity contribution < 1.29 is 9.84 Å². The second kappa shape index (κ2) is 7.95. The van der Waals surface area contributed by atoms with Crippen molar-refractivity contribution in [3.8, 4) is 11.6 Å². The highest BCUT2D eigenvalue weighted by atomic mass is 16.5. The minimum atomic E-state index is -0.383. The first kappa shape index (κ1) is 20.4. The molecule has 0 spiro atoms. The van der Waals surface area contributed by atoms with Crippen LogP contribution in [0.3, 0.4) is 0 Å². The summed E-state index contributed by atoms with van der Waals surface area (Å²) in [6, 6.07) is 21.2. The highest BCUT2D eigenvalue weighted by Crippen LogP contribution is 2.41. The Labute approximate surface area is 195 Å². The van der Waals surface area contributed by atoms with Gasteiger partial charge < -0.3 is 14.8 Å². The molecule has 0 bridgehead atoms. The zero-order chi connectivity index (χ0) is 23.2. The van der Waals surface area contributed by atoms with Crippen LogP contribution in [0.1, 0.15) is 34.3 Å². The summed E-state index contributed by atoms with van der Waals surface area (Å²) in [6.45, 7) is 0.353. The van der Waals surface area contributed by atoms with Gasteiger partial charge in [-0.1, -0.05) is 36.4 Å². The minimum absolute atomic E-state index is 0.0235. The number of hydrogen-bond acceptors (Lipinski definition) is 4. The van der Waals surface area contributed by atoms with E-state index >= 15 is 0 Å². The second-order valence-electron chi connectivity index (χ2n) is 8.56. The fraction of sp³-hybridized carbons (Fsp3) is 0.185. The normalized spacial score (nSPS) is 14.7. The molecular formula is C27H24N4O3. The van der Waals surface area contributed by atoms with Gasteiger partial charge in [-0.05, 0) is 41.5 Å². The van der Waals surface area contributed by atoms with Crippen molar-refractivity contribution in [1.29, 1.82) is 0 Å². The fourth-order valence-corrected chi connectivity index (χ4v) is 5.05. The molecule has 0 aliphatic carbocycles. The first-order valence-corrected chi connectivity index (χ1v) is 11.3. The Morgan fingerprint density at radius 2 is 1.88 bits per heavy atom. The number of aryl methyl sites for hydroxylation is 1. The lowest BCUT2D eigenvalue weighted by atomic mass is 9.93. The van der Waals surface area contributed by atoms with E-state index < -0.39 is 0 Å².